The van der Waals surface area contributed by atoms with E-state index in [1.165, 1.54) is 6.26 Å². The fourth-order valence-electron chi connectivity index (χ4n) is 1.27. The van der Waals surface area contributed by atoms with Gasteiger partial charge >= 0.3 is 0 Å². The highest BCUT2D eigenvalue weighted by Crippen LogP contribution is 2.09. The SMILES string of the molecule is CC(CS(C)(=O)=O)Nc1cc(N)ccn1. The smallest absolute Gasteiger partial charge is 0.149 e. The number of nitrogen functional groups attached to an aromatic ring is 1. The lowest BCUT2D eigenvalue weighted by molar-refractivity contribution is 0.598. The number of aromatic nitrogens is 1. The lowest BCUT2D eigenvalue weighted by atomic mass is 10.3. The molecule has 0 aromatic carbocycles. The zero-order valence-electron chi connectivity index (χ0n) is 8.77. The van der Waals surface area contributed by atoms with Crippen molar-refractivity contribution in [1.82, 2.24) is 4.98 Å². The first-order valence-electron chi connectivity index (χ1n) is 4.52. The summed E-state index contributed by atoms with van der Waals surface area (Å²) < 4.78 is 22.0. The number of nitrogens with zero attached hydrogens (tertiary/aromatic N) is 1. The molecule has 84 valence electrons. The lowest BCUT2D eigenvalue weighted by Crippen LogP contribution is -2.25. The molecule has 0 saturated carbocycles. The minimum atomic E-state index is -2.98. The molecule has 0 aliphatic heterocycles. The Hall–Kier alpha value is -1.30. The molecule has 1 heterocycles. The quantitative estimate of drug-likeness (QED) is 0.785. The first-order valence-corrected chi connectivity index (χ1v) is 6.58. The van der Waals surface area contributed by atoms with Crippen molar-refractivity contribution in [2.45, 2.75) is 13.0 Å². The van der Waals surface area contributed by atoms with Crippen LogP contribution in [-0.4, -0.2) is 31.5 Å². The first-order chi connectivity index (χ1) is 6.87. The molecule has 1 aromatic heterocycles. The summed E-state index contributed by atoms with van der Waals surface area (Å²) in [5.41, 5.74) is 6.16. The summed E-state index contributed by atoms with van der Waals surface area (Å²) in [6, 6.07) is 3.15. The molecule has 1 unspecified atom stereocenters. The van der Waals surface area contributed by atoms with Crippen LogP contribution in [-0.2, 0) is 9.84 Å². The Morgan fingerprint density at radius 3 is 2.80 bits per heavy atom. The number of hydrogen-bond donors (Lipinski definition) is 2. The molecule has 1 rings (SSSR count). The van der Waals surface area contributed by atoms with Crippen LogP contribution >= 0.6 is 0 Å². The molecule has 0 amide bonds. The van der Waals surface area contributed by atoms with Crippen LogP contribution < -0.4 is 11.1 Å². The van der Waals surface area contributed by atoms with Gasteiger partial charge in [-0.3, -0.25) is 0 Å². The standard InChI is InChI=1S/C9H15N3O2S/c1-7(6-15(2,13)14)12-9-5-8(10)3-4-11-9/h3-5,7H,6H2,1-2H3,(H3,10,11,12). The monoisotopic (exact) mass is 229 g/mol. The highest BCUT2D eigenvalue weighted by Gasteiger charge is 2.10. The van der Waals surface area contributed by atoms with Gasteiger partial charge in [0.15, 0.2) is 0 Å². The predicted molar refractivity (Wildman–Crippen MR) is 61.4 cm³/mol. The van der Waals surface area contributed by atoms with Gasteiger partial charge < -0.3 is 11.1 Å². The molecule has 0 spiro atoms. The molecule has 0 radical (unpaired) electrons. The van der Waals surface area contributed by atoms with Crippen molar-refractivity contribution in [3.63, 3.8) is 0 Å². The fraction of sp³-hybridized carbons (Fsp3) is 0.444. The summed E-state index contributed by atoms with van der Waals surface area (Å²) in [5.74, 6) is 0.662. The summed E-state index contributed by atoms with van der Waals surface area (Å²) >= 11 is 0. The van der Waals surface area contributed by atoms with Crippen LogP contribution in [0, 0.1) is 0 Å². The van der Waals surface area contributed by atoms with Crippen molar-refractivity contribution < 1.29 is 8.42 Å². The van der Waals surface area contributed by atoms with Crippen molar-refractivity contribution >= 4 is 21.3 Å². The average molecular weight is 229 g/mol. The molecule has 6 heteroatoms. The van der Waals surface area contributed by atoms with Crippen LogP contribution in [0.3, 0.4) is 0 Å². The molecule has 1 aromatic rings. The van der Waals surface area contributed by atoms with E-state index in [-0.39, 0.29) is 11.8 Å². The zero-order chi connectivity index (χ0) is 11.5. The molecule has 0 aliphatic rings. The summed E-state index contributed by atoms with van der Waals surface area (Å²) in [6.45, 7) is 1.78. The summed E-state index contributed by atoms with van der Waals surface area (Å²) in [7, 11) is -2.98. The van der Waals surface area contributed by atoms with Gasteiger partial charge in [-0.25, -0.2) is 13.4 Å². The number of pyridine rings is 1. The highest BCUT2D eigenvalue weighted by atomic mass is 32.2. The van der Waals surface area contributed by atoms with E-state index in [9.17, 15) is 8.42 Å². The normalized spacial score (nSPS) is 13.5. The van der Waals surface area contributed by atoms with Crippen molar-refractivity contribution in [2.24, 2.45) is 0 Å². The van der Waals surface area contributed by atoms with Gasteiger partial charge in [-0.05, 0) is 13.0 Å². The Morgan fingerprint density at radius 1 is 1.60 bits per heavy atom. The van der Waals surface area contributed by atoms with Crippen LogP contribution in [0.4, 0.5) is 11.5 Å². The maximum absolute atomic E-state index is 11.0. The minimum Gasteiger partial charge on any atom is -0.399 e. The Kier molecular flexibility index (Phi) is 3.52. The van der Waals surface area contributed by atoms with Crippen molar-refractivity contribution in [3.8, 4) is 0 Å². The van der Waals surface area contributed by atoms with Crippen LogP contribution in [0.5, 0.6) is 0 Å². The van der Waals surface area contributed by atoms with Gasteiger partial charge in [-0.1, -0.05) is 0 Å². The maximum Gasteiger partial charge on any atom is 0.149 e. The van der Waals surface area contributed by atoms with E-state index in [1.54, 1.807) is 25.3 Å². The minimum absolute atomic E-state index is 0.0729. The largest absolute Gasteiger partial charge is 0.399 e. The van der Waals surface area contributed by atoms with Crippen molar-refractivity contribution in [1.29, 1.82) is 0 Å². The molecular weight excluding hydrogens is 214 g/mol. The topological polar surface area (TPSA) is 85.1 Å². The fourth-order valence-corrected chi connectivity index (χ4v) is 2.27. The maximum atomic E-state index is 11.0. The van der Waals surface area contributed by atoms with Crippen molar-refractivity contribution in [3.05, 3.63) is 18.3 Å². The van der Waals surface area contributed by atoms with Gasteiger partial charge in [-0.15, -0.1) is 0 Å². The molecule has 0 fully saturated rings. The molecule has 5 nitrogen and oxygen atoms in total. The third-order valence-electron chi connectivity index (χ3n) is 1.73. The van der Waals surface area contributed by atoms with E-state index in [0.29, 0.717) is 11.5 Å². The molecule has 15 heavy (non-hydrogen) atoms. The molecule has 1 atom stereocenters. The van der Waals surface area contributed by atoms with Crippen molar-refractivity contribution in [2.75, 3.05) is 23.1 Å². The number of sulfone groups is 1. The molecule has 0 aliphatic carbocycles. The Morgan fingerprint density at radius 2 is 2.27 bits per heavy atom. The second kappa shape index (κ2) is 4.48. The van der Waals surface area contributed by atoms with Gasteiger partial charge in [0.25, 0.3) is 0 Å². The number of anilines is 2. The Labute approximate surface area is 89.6 Å². The Bertz CT molecular complexity index is 431. The Balaban J connectivity index is 2.63. The second-order valence-electron chi connectivity index (χ2n) is 3.61. The van der Waals surface area contributed by atoms with Gasteiger partial charge in [0.1, 0.15) is 15.7 Å². The van der Waals surface area contributed by atoms with E-state index in [2.05, 4.69) is 10.3 Å². The van der Waals surface area contributed by atoms with Crippen LogP contribution in [0.2, 0.25) is 0 Å². The third kappa shape index (κ3) is 4.64. The highest BCUT2D eigenvalue weighted by molar-refractivity contribution is 7.90. The van der Waals surface area contributed by atoms with E-state index >= 15 is 0 Å². The van der Waals surface area contributed by atoms with Gasteiger partial charge in [0, 0.05) is 30.2 Å². The summed E-state index contributed by atoms with van der Waals surface area (Å²) in [4.78, 5) is 4.02. The van der Waals surface area contributed by atoms with E-state index in [0.717, 1.165) is 0 Å². The number of rotatable bonds is 4. The summed E-state index contributed by atoms with van der Waals surface area (Å²) in [6.07, 6.45) is 2.78. The summed E-state index contributed by atoms with van der Waals surface area (Å²) in [5, 5.41) is 2.97. The van der Waals surface area contributed by atoms with Crippen LogP contribution in [0.15, 0.2) is 18.3 Å². The predicted octanol–water partition coefficient (Wildman–Crippen LogP) is 0.509. The van der Waals surface area contributed by atoms with Gasteiger partial charge in [0.05, 0.1) is 5.75 Å². The number of nitrogens with two attached hydrogens (primary N) is 1. The molecule has 0 bridgehead atoms. The second-order valence-corrected chi connectivity index (χ2v) is 5.80. The van der Waals surface area contributed by atoms with Crippen LogP contribution in [0.1, 0.15) is 6.92 Å². The lowest BCUT2D eigenvalue weighted by Gasteiger charge is -2.13. The zero-order valence-corrected chi connectivity index (χ0v) is 9.58. The number of nitrogens with one attached hydrogen (secondary N) is 1. The first kappa shape index (κ1) is 11.8. The van der Waals surface area contributed by atoms with E-state index in [4.69, 9.17) is 5.73 Å². The van der Waals surface area contributed by atoms with Crippen LogP contribution in [0.25, 0.3) is 0 Å². The van der Waals surface area contributed by atoms with E-state index in [1.807, 2.05) is 0 Å². The molecule has 3 N–H and O–H groups in total. The average Bonchev–Trinajstić information content (AvgIpc) is 1.99. The van der Waals surface area contributed by atoms with Gasteiger partial charge in [0.2, 0.25) is 0 Å². The van der Waals surface area contributed by atoms with Gasteiger partial charge in [-0.2, -0.15) is 0 Å². The third-order valence-corrected chi connectivity index (χ3v) is 2.84. The molecular formula is C9H15N3O2S. The molecule has 0 saturated heterocycles. The number of hydrogen-bond acceptors (Lipinski definition) is 5. The van der Waals surface area contributed by atoms with E-state index < -0.39 is 9.84 Å².